The summed E-state index contributed by atoms with van der Waals surface area (Å²) in [7, 11) is 1.66. The predicted molar refractivity (Wildman–Crippen MR) is 72.9 cm³/mol. The summed E-state index contributed by atoms with van der Waals surface area (Å²) in [4.78, 5) is 11.7. The van der Waals surface area contributed by atoms with Gasteiger partial charge in [0, 0.05) is 12.8 Å². The van der Waals surface area contributed by atoms with Gasteiger partial charge >= 0.3 is 0 Å². The second kappa shape index (κ2) is 5.38. The number of hydrogen-bond acceptors (Lipinski definition) is 2. The molecular weight excluding hydrogens is 224 g/mol. The van der Waals surface area contributed by atoms with Gasteiger partial charge in [-0.25, -0.2) is 0 Å². The molecule has 2 nitrogen and oxygen atoms in total. The molecule has 0 saturated heterocycles. The number of benzene rings is 1. The first-order chi connectivity index (χ1) is 8.61. The predicted octanol–water partition coefficient (Wildman–Crippen LogP) is 3.72. The van der Waals surface area contributed by atoms with E-state index >= 15 is 0 Å². The molecular formula is C16H20O2. The van der Waals surface area contributed by atoms with Crippen LogP contribution in [0.4, 0.5) is 0 Å². The van der Waals surface area contributed by atoms with Gasteiger partial charge < -0.3 is 4.74 Å². The summed E-state index contributed by atoms with van der Waals surface area (Å²) in [5.74, 6) is 1.94. The van der Waals surface area contributed by atoms with E-state index in [1.165, 1.54) is 11.1 Å². The van der Waals surface area contributed by atoms with Gasteiger partial charge in [0.2, 0.25) is 0 Å². The maximum Gasteiger partial charge on any atom is 0.133 e. The molecule has 0 unspecified atom stereocenters. The van der Waals surface area contributed by atoms with E-state index in [9.17, 15) is 4.79 Å². The molecule has 1 aliphatic carbocycles. The third-order valence-electron chi connectivity index (χ3n) is 3.84. The summed E-state index contributed by atoms with van der Waals surface area (Å²) < 4.78 is 5.17. The second-order valence-corrected chi connectivity index (χ2v) is 5.11. The molecule has 1 aromatic rings. The molecule has 0 spiro atoms. The van der Waals surface area contributed by atoms with Crippen LogP contribution in [0, 0.1) is 5.92 Å². The summed E-state index contributed by atoms with van der Waals surface area (Å²) in [5, 5.41) is 0. The molecule has 1 fully saturated rings. The Morgan fingerprint density at radius 1 is 1.33 bits per heavy atom. The average molecular weight is 244 g/mol. The fourth-order valence-corrected chi connectivity index (χ4v) is 2.80. The lowest BCUT2D eigenvalue weighted by molar-refractivity contribution is -0.121. The standard InChI is InChI=1S/C16H20O2/c1-11(2)15-9-6-13(17)10-16(15)12-4-7-14(18-3)8-5-12/h4-5,7-8,15-16H,1,6,9-10H2,2-3H3/t15-,16-/m1/s1. The molecule has 0 aliphatic heterocycles. The molecule has 0 aromatic heterocycles. The van der Waals surface area contributed by atoms with Crippen LogP contribution in [0.15, 0.2) is 36.4 Å². The summed E-state index contributed by atoms with van der Waals surface area (Å²) in [5.41, 5.74) is 2.40. The van der Waals surface area contributed by atoms with Crippen LogP contribution in [0.25, 0.3) is 0 Å². The van der Waals surface area contributed by atoms with E-state index in [2.05, 4.69) is 25.6 Å². The largest absolute Gasteiger partial charge is 0.497 e. The van der Waals surface area contributed by atoms with Crippen molar-refractivity contribution in [3.05, 3.63) is 42.0 Å². The van der Waals surface area contributed by atoms with E-state index in [4.69, 9.17) is 4.74 Å². The zero-order valence-corrected chi connectivity index (χ0v) is 11.1. The van der Waals surface area contributed by atoms with Gasteiger partial charge in [-0.3, -0.25) is 4.79 Å². The first-order valence-electron chi connectivity index (χ1n) is 6.43. The highest BCUT2D eigenvalue weighted by atomic mass is 16.5. The summed E-state index contributed by atoms with van der Waals surface area (Å²) in [6, 6.07) is 8.06. The zero-order chi connectivity index (χ0) is 13.1. The second-order valence-electron chi connectivity index (χ2n) is 5.11. The molecule has 2 heteroatoms. The Kier molecular flexibility index (Phi) is 3.85. The monoisotopic (exact) mass is 244 g/mol. The van der Waals surface area contributed by atoms with E-state index in [0.29, 0.717) is 24.5 Å². The van der Waals surface area contributed by atoms with Crippen LogP contribution >= 0.6 is 0 Å². The van der Waals surface area contributed by atoms with Gasteiger partial charge in [-0.2, -0.15) is 0 Å². The van der Waals surface area contributed by atoms with Gasteiger partial charge in [-0.1, -0.05) is 24.3 Å². The molecule has 0 heterocycles. The lowest BCUT2D eigenvalue weighted by Gasteiger charge is -2.31. The van der Waals surface area contributed by atoms with Crippen molar-refractivity contribution in [2.75, 3.05) is 7.11 Å². The lowest BCUT2D eigenvalue weighted by atomic mass is 9.72. The number of hydrogen-bond donors (Lipinski definition) is 0. The molecule has 1 saturated carbocycles. The minimum Gasteiger partial charge on any atom is -0.497 e. The lowest BCUT2D eigenvalue weighted by Crippen LogP contribution is -2.24. The van der Waals surface area contributed by atoms with E-state index in [0.717, 1.165) is 12.2 Å². The van der Waals surface area contributed by atoms with Crippen LogP contribution in [0.1, 0.15) is 37.7 Å². The molecule has 0 amide bonds. The number of carbonyl (C=O) groups is 1. The van der Waals surface area contributed by atoms with Crippen LogP contribution in [-0.4, -0.2) is 12.9 Å². The fourth-order valence-electron chi connectivity index (χ4n) is 2.80. The molecule has 0 radical (unpaired) electrons. The highest BCUT2D eigenvalue weighted by molar-refractivity contribution is 5.80. The van der Waals surface area contributed by atoms with Gasteiger partial charge in [-0.05, 0) is 42.9 Å². The molecule has 0 bridgehead atoms. The maximum absolute atomic E-state index is 11.7. The van der Waals surface area contributed by atoms with Crippen LogP contribution in [0.5, 0.6) is 5.75 Å². The normalized spacial score (nSPS) is 23.8. The molecule has 0 N–H and O–H groups in total. The third kappa shape index (κ3) is 2.63. The van der Waals surface area contributed by atoms with Crippen LogP contribution < -0.4 is 4.74 Å². The van der Waals surface area contributed by atoms with Crippen molar-refractivity contribution >= 4 is 5.78 Å². The van der Waals surface area contributed by atoms with Crippen LogP contribution in [-0.2, 0) is 4.79 Å². The van der Waals surface area contributed by atoms with E-state index in [-0.39, 0.29) is 5.92 Å². The van der Waals surface area contributed by atoms with Crippen molar-refractivity contribution in [1.82, 2.24) is 0 Å². The molecule has 1 aliphatic rings. The zero-order valence-electron chi connectivity index (χ0n) is 11.1. The number of rotatable bonds is 3. The van der Waals surface area contributed by atoms with Gasteiger partial charge in [0.05, 0.1) is 7.11 Å². The van der Waals surface area contributed by atoms with Crippen molar-refractivity contribution < 1.29 is 9.53 Å². The number of ketones is 1. The molecule has 96 valence electrons. The number of carbonyl (C=O) groups excluding carboxylic acids is 1. The number of ether oxygens (including phenoxy) is 1. The Hall–Kier alpha value is -1.57. The van der Waals surface area contributed by atoms with Crippen molar-refractivity contribution in [1.29, 1.82) is 0 Å². The summed E-state index contributed by atoms with van der Waals surface area (Å²) >= 11 is 0. The maximum atomic E-state index is 11.7. The molecule has 1 aromatic carbocycles. The van der Waals surface area contributed by atoms with Crippen LogP contribution in [0.3, 0.4) is 0 Å². The van der Waals surface area contributed by atoms with Crippen molar-refractivity contribution in [3.63, 3.8) is 0 Å². The van der Waals surface area contributed by atoms with Gasteiger partial charge in [0.1, 0.15) is 11.5 Å². The van der Waals surface area contributed by atoms with Crippen LogP contribution in [0.2, 0.25) is 0 Å². The quantitative estimate of drug-likeness (QED) is 0.757. The Morgan fingerprint density at radius 2 is 2.00 bits per heavy atom. The first kappa shape index (κ1) is 12.9. The smallest absolute Gasteiger partial charge is 0.133 e. The van der Waals surface area contributed by atoms with Crippen molar-refractivity contribution in [2.24, 2.45) is 5.92 Å². The van der Waals surface area contributed by atoms with Gasteiger partial charge in [0.15, 0.2) is 0 Å². The first-order valence-corrected chi connectivity index (χ1v) is 6.43. The Bertz CT molecular complexity index is 445. The molecule has 2 rings (SSSR count). The third-order valence-corrected chi connectivity index (χ3v) is 3.84. The van der Waals surface area contributed by atoms with Crippen molar-refractivity contribution in [2.45, 2.75) is 32.1 Å². The Labute approximate surface area is 109 Å². The van der Waals surface area contributed by atoms with E-state index in [1.807, 2.05) is 12.1 Å². The Morgan fingerprint density at radius 3 is 2.56 bits per heavy atom. The van der Waals surface area contributed by atoms with Crippen molar-refractivity contribution in [3.8, 4) is 5.75 Å². The number of Topliss-reactive ketones (excluding diaryl/α,β-unsaturated/α-hetero) is 1. The minimum absolute atomic E-state index is 0.287. The summed E-state index contributed by atoms with van der Waals surface area (Å²) in [6.45, 7) is 6.14. The van der Waals surface area contributed by atoms with Gasteiger partial charge in [-0.15, -0.1) is 0 Å². The number of methoxy groups -OCH3 is 1. The average Bonchev–Trinajstić information content (AvgIpc) is 2.38. The molecule has 2 atom stereocenters. The van der Waals surface area contributed by atoms with Gasteiger partial charge in [0.25, 0.3) is 0 Å². The highest BCUT2D eigenvalue weighted by Gasteiger charge is 2.30. The minimum atomic E-state index is 0.287. The van der Waals surface area contributed by atoms with E-state index in [1.54, 1.807) is 7.11 Å². The fraction of sp³-hybridized carbons (Fsp3) is 0.438. The SMILES string of the molecule is C=C(C)[C@H]1CCC(=O)C[C@@H]1c1ccc(OC)cc1. The summed E-state index contributed by atoms with van der Waals surface area (Å²) in [6.07, 6.45) is 2.28. The number of allylic oxidation sites excluding steroid dienone is 1. The topological polar surface area (TPSA) is 26.3 Å². The Balaban J connectivity index is 2.25. The van der Waals surface area contributed by atoms with E-state index < -0.39 is 0 Å². The highest BCUT2D eigenvalue weighted by Crippen LogP contribution is 2.40. The molecule has 18 heavy (non-hydrogen) atoms.